The molecular weight excluding hydrogens is 992 g/mol. The van der Waals surface area contributed by atoms with Crippen LogP contribution in [0.4, 0.5) is 17.1 Å². The Morgan fingerprint density at radius 3 is 2.49 bits per heavy atom. The second-order valence-electron chi connectivity index (χ2n) is 21.8. The van der Waals surface area contributed by atoms with Crippen molar-refractivity contribution in [3.8, 4) is 17.2 Å². The molecule has 6 aromatic rings. The number of anilines is 2. The number of aromatic amines is 1. The van der Waals surface area contributed by atoms with E-state index in [1.54, 1.807) is 31.5 Å². The third-order valence-corrected chi connectivity index (χ3v) is 18.0. The summed E-state index contributed by atoms with van der Waals surface area (Å²) in [5.74, 6) is 0.856. The van der Waals surface area contributed by atoms with Gasteiger partial charge in [-0.15, -0.1) is 0 Å². The lowest BCUT2D eigenvalue weighted by molar-refractivity contribution is -0.384. The van der Waals surface area contributed by atoms with Gasteiger partial charge in [-0.3, -0.25) is 24.7 Å². The van der Waals surface area contributed by atoms with Crippen LogP contribution in [0.25, 0.3) is 11.0 Å². The summed E-state index contributed by atoms with van der Waals surface area (Å²) in [5.41, 5.74) is 4.56. The third-order valence-electron chi connectivity index (χ3n) is 16.4. The summed E-state index contributed by atoms with van der Waals surface area (Å²) in [6.45, 7) is 11.9. The van der Waals surface area contributed by atoms with Crippen molar-refractivity contribution in [2.75, 3.05) is 56.6 Å². The highest BCUT2D eigenvalue weighted by molar-refractivity contribution is 7.90. The molecule has 1 spiro atoms. The van der Waals surface area contributed by atoms with Gasteiger partial charge in [0, 0.05) is 92.9 Å². The number of ether oxygens (including phenoxy) is 2. The number of hydrogen-bond donors (Lipinski definition) is 4. The van der Waals surface area contributed by atoms with Crippen molar-refractivity contribution in [3.05, 3.63) is 141 Å². The zero-order chi connectivity index (χ0) is 52.6. The molecule has 1 amide bonds. The first kappa shape index (κ1) is 52.2. The standard InChI is InChI=1S/C57H67ClN8O8S/c1-37(2)45-9-5-6-10-46(45)51-36-63(35-40-8-7-11-48(58)53(40)73-4)26-27-65(51)42-31-57(32-42)21-24-64(25-22-57)41-12-14-47(52(29-41)74-43-28-39-18-23-59-54(39)61-34-43)55(67)62-75(71,72)44-13-15-49(50(30-44)66(69)70)60-33-38-16-19-56(3,68)20-17-38/h5-15,18,23,28-30,34,37-38,42,51,60,68H,16-17,19-22,24-27,31-33,35-36H2,1-4H3,(H,59,61)(H,62,67)/t38-,51?,56-. The number of piperazine rings is 1. The lowest BCUT2D eigenvalue weighted by atomic mass is 9.59. The van der Waals surface area contributed by atoms with Crippen molar-refractivity contribution < 1.29 is 32.7 Å². The van der Waals surface area contributed by atoms with Crippen LogP contribution in [0.2, 0.25) is 5.02 Å². The van der Waals surface area contributed by atoms with E-state index >= 15 is 0 Å². The Labute approximate surface area is 444 Å². The Hall–Kier alpha value is -6.24. The molecule has 75 heavy (non-hydrogen) atoms. The maximum atomic E-state index is 14.1. The molecule has 0 radical (unpaired) electrons. The second-order valence-corrected chi connectivity index (χ2v) is 23.9. The van der Waals surface area contributed by atoms with Crippen LogP contribution in [0.1, 0.15) is 111 Å². The molecule has 4 aliphatic rings. The number of carbonyl (C=O) groups is 1. The van der Waals surface area contributed by atoms with Crippen LogP contribution >= 0.6 is 11.6 Å². The van der Waals surface area contributed by atoms with E-state index in [0.717, 1.165) is 106 Å². The summed E-state index contributed by atoms with van der Waals surface area (Å²) in [5, 5.41) is 27.1. The van der Waals surface area contributed by atoms with Gasteiger partial charge in [-0.05, 0) is 129 Å². The first-order valence-electron chi connectivity index (χ1n) is 26.2. The Morgan fingerprint density at radius 2 is 1.75 bits per heavy atom. The van der Waals surface area contributed by atoms with Crippen LogP contribution < -0.4 is 24.4 Å². The number of fused-ring (bicyclic) bond motifs is 1. The van der Waals surface area contributed by atoms with Crippen LogP contribution in [0.3, 0.4) is 0 Å². The average molecular weight is 1060 g/mol. The normalized spacial score (nSPS) is 21.5. The summed E-state index contributed by atoms with van der Waals surface area (Å²) < 4.78 is 42.0. The fourth-order valence-electron chi connectivity index (χ4n) is 12.1. The summed E-state index contributed by atoms with van der Waals surface area (Å²) in [4.78, 5) is 40.4. The molecule has 18 heteroatoms. The van der Waals surface area contributed by atoms with Gasteiger partial charge >= 0.3 is 0 Å². The summed E-state index contributed by atoms with van der Waals surface area (Å²) in [6.07, 6.45) is 10.3. The zero-order valence-corrected chi connectivity index (χ0v) is 44.6. The number of piperidine rings is 1. The number of aromatic nitrogens is 2. The largest absolute Gasteiger partial charge is 0.495 e. The van der Waals surface area contributed by atoms with Gasteiger partial charge in [0.2, 0.25) is 0 Å². The van der Waals surface area contributed by atoms with E-state index in [1.165, 1.54) is 29.5 Å². The molecule has 0 bridgehead atoms. The number of H-pyrrole nitrogens is 1. The molecule has 2 aliphatic heterocycles. The molecule has 16 nitrogen and oxygen atoms in total. The molecule has 4 aromatic carbocycles. The van der Waals surface area contributed by atoms with Gasteiger partial charge in [-0.25, -0.2) is 18.1 Å². The van der Waals surface area contributed by atoms with E-state index in [-0.39, 0.29) is 34.4 Å². The molecule has 4 heterocycles. The second kappa shape index (κ2) is 21.4. The first-order chi connectivity index (χ1) is 36.0. The summed E-state index contributed by atoms with van der Waals surface area (Å²) in [7, 11) is -2.91. The highest BCUT2D eigenvalue weighted by Gasteiger charge is 2.50. The Balaban J connectivity index is 0.835. The minimum atomic E-state index is -4.59. The van der Waals surface area contributed by atoms with Crippen molar-refractivity contribution in [1.29, 1.82) is 0 Å². The Kier molecular flexibility index (Phi) is 14.9. The number of nitro groups is 1. The average Bonchev–Trinajstić information content (AvgIpc) is 3.86. The highest BCUT2D eigenvalue weighted by Crippen LogP contribution is 2.53. The molecule has 396 valence electrons. The fourth-order valence-corrected chi connectivity index (χ4v) is 13.3. The van der Waals surface area contributed by atoms with Crippen LogP contribution in [0.15, 0.2) is 108 Å². The Morgan fingerprint density at radius 1 is 0.973 bits per heavy atom. The van der Waals surface area contributed by atoms with Gasteiger partial charge in [0.15, 0.2) is 0 Å². The van der Waals surface area contributed by atoms with E-state index < -0.39 is 37.0 Å². The van der Waals surface area contributed by atoms with Crippen LogP contribution in [0.5, 0.6) is 17.2 Å². The number of amides is 1. The van der Waals surface area contributed by atoms with E-state index in [0.29, 0.717) is 47.8 Å². The SMILES string of the molecule is COc1c(Cl)cccc1CN1CCN(C2CC3(CCN(c4ccc(C(=O)NS(=O)(=O)c5ccc(NC[C@H]6CC[C@](C)(O)CC6)c([N+](=O)[O-])c5)c(Oc5cnc6[nH]ccc6c5)c4)CC3)C2)C(c2ccccc2C(C)C)C1. The van der Waals surface area contributed by atoms with Gasteiger partial charge < -0.3 is 29.8 Å². The number of carbonyl (C=O) groups excluding carboxylic acids is 1. The predicted molar refractivity (Wildman–Crippen MR) is 292 cm³/mol. The molecular formula is C57H67ClN8O8S. The lowest BCUT2D eigenvalue weighted by Gasteiger charge is -2.58. The molecule has 1 unspecified atom stereocenters. The lowest BCUT2D eigenvalue weighted by Crippen LogP contribution is -2.60. The third kappa shape index (κ3) is 11.3. The van der Waals surface area contributed by atoms with Crippen LogP contribution in [0, 0.1) is 21.4 Å². The molecule has 1 atom stereocenters. The number of hydrogen-bond acceptors (Lipinski definition) is 13. The van der Waals surface area contributed by atoms with Gasteiger partial charge in [0.1, 0.15) is 28.6 Å². The number of aliphatic hydroxyl groups is 1. The summed E-state index contributed by atoms with van der Waals surface area (Å²) >= 11 is 6.56. The van der Waals surface area contributed by atoms with Gasteiger partial charge in [0.25, 0.3) is 21.6 Å². The van der Waals surface area contributed by atoms with Gasteiger partial charge in [-0.1, -0.05) is 61.8 Å². The van der Waals surface area contributed by atoms with Gasteiger partial charge in [0.05, 0.1) is 39.3 Å². The maximum absolute atomic E-state index is 14.1. The van der Waals surface area contributed by atoms with Crippen molar-refractivity contribution >= 4 is 55.6 Å². The van der Waals surface area contributed by atoms with Crippen molar-refractivity contribution in [2.45, 2.75) is 107 Å². The molecule has 4 fully saturated rings. The molecule has 10 rings (SSSR count). The molecule has 2 saturated heterocycles. The number of pyridine rings is 1. The zero-order valence-electron chi connectivity index (χ0n) is 43.1. The number of nitrogens with one attached hydrogen (secondary N) is 3. The Bertz CT molecular complexity index is 3180. The van der Waals surface area contributed by atoms with E-state index in [9.17, 15) is 28.4 Å². The molecule has 2 aromatic heterocycles. The molecule has 4 N–H and O–H groups in total. The van der Waals surface area contributed by atoms with Crippen molar-refractivity contribution in [2.24, 2.45) is 11.3 Å². The molecule has 2 aliphatic carbocycles. The smallest absolute Gasteiger partial charge is 0.293 e. The van der Waals surface area contributed by atoms with Crippen LogP contribution in [-0.2, 0) is 16.6 Å². The number of para-hydroxylation sites is 1. The number of rotatable bonds is 16. The van der Waals surface area contributed by atoms with Crippen LogP contribution in [-0.4, -0.2) is 102 Å². The monoisotopic (exact) mass is 1060 g/mol. The number of sulfonamides is 1. The van der Waals surface area contributed by atoms with E-state index in [4.69, 9.17) is 21.1 Å². The van der Waals surface area contributed by atoms with Crippen molar-refractivity contribution in [1.82, 2.24) is 24.5 Å². The van der Waals surface area contributed by atoms with E-state index in [2.05, 4.69) is 78.9 Å². The number of benzene rings is 4. The fraction of sp³-hybridized carbons (Fsp3) is 0.439. The minimum absolute atomic E-state index is 0.0357. The number of halogens is 1. The predicted octanol–water partition coefficient (Wildman–Crippen LogP) is 10.8. The molecule has 2 saturated carbocycles. The minimum Gasteiger partial charge on any atom is -0.495 e. The number of methoxy groups -OCH3 is 1. The van der Waals surface area contributed by atoms with E-state index in [1.807, 2.05) is 31.2 Å². The maximum Gasteiger partial charge on any atom is 0.293 e. The summed E-state index contributed by atoms with van der Waals surface area (Å²) in [6, 6.07) is 28.0. The van der Waals surface area contributed by atoms with Crippen molar-refractivity contribution in [3.63, 3.8) is 0 Å². The van der Waals surface area contributed by atoms with Gasteiger partial charge in [-0.2, -0.15) is 0 Å². The topological polar surface area (TPSA) is 195 Å². The number of nitrogens with zero attached hydrogens (tertiary/aromatic N) is 5. The quantitative estimate of drug-likeness (QED) is 0.0529. The first-order valence-corrected chi connectivity index (χ1v) is 28.0. The number of nitro benzene ring substituents is 1. The highest BCUT2D eigenvalue weighted by atomic mass is 35.5.